The van der Waals surface area contributed by atoms with Crippen molar-refractivity contribution in [2.75, 3.05) is 26.2 Å². The van der Waals surface area contributed by atoms with Gasteiger partial charge in [0.25, 0.3) is 5.91 Å². The molecule has 35 heavy (non-hydrogen) atoms. The van der Waals surface area contributed by atoms with Crippen molar-refractivity contribution >= 4 is 34.7 Å². The summed E-state index contributed by atoms with van der Waals surface area (Å²) in [6.07, 6.45) is 8.71. The third kappa shape index (κ3) is 7.66. The molecule has 0 unspecified atom stereocenters. The van der Waals surface area contributed by atoms with Crippen LogP contribution in [0.5, 0.6) is 0 Å². The summed E-state index contributed by atoms with van der Waals surface area (Å²) in [5.74, 6) is -0.697. The molecule has 192 valence electrons. The standard InChI is InChI=1S/C25H37N5O4S/c1-3-30(14-13-29-22(15-26)23(24(27)31)34-18-25(2)10-11-25)35(32,33)17-19-6-8-20(9-7-19)21-5-4-12-28-16-21/h6-9,12,15-16,26,29,32-33H,3-5,10-11,13-14,17-18H2,1-2H3,(H2,27,31)/b23-22-,26-15?. The Morgan fingerprint density at radius 2 is 2.06 bits per heavy atom. The normalized spacial score (nSPS) is 17.9. The molecule has 0 bridgehead atoms. The molecule has 9 nitrogen and oxygen atoms in total. The first-order chi connectivity index (χ1) is 16.7. The van der Waals surface area contributed by atoms with Crippen LogP contribution in [0.3, 0.4) is 0 Å². The molecule has 0 aromatic heterocycles. The second kappa shape index (κ2) is 11.9. The molecule has 1 aromatic rings. The topological polar surface area (TPSA) is 144 Å². The van der Waals surface area contributed by atoms with Crippen LogP contribution in [0.4, 0.5) is 0 Å². The fraction of sp³-hybridized carbons (Fsp3) is 0.480. The summed E-state index contributed by atoms with van der Waals surface area (Å²) in [5, 5.41) is 10.7. The number of carbonyl (C=O) groups excluding carboxylic acids is 1. The minimum absolute atomic E-state index is 0.0586. The lowest BCUT2D eigenvalue weighted by atomic mass is 10.0. The fourth-order valence-corrected chi connectivity index (χ4v) is 5.38. The minimum Gasteiger partial charge on any atom is -0.486 e. The van der Waals surface area contributed by atoms with E-state index >= 15 is 0 Å². The van der Waals surface area contributed by atoms with Gasteiger partial charge in [0.1, 0.15) is 5.70 Å². The third-order valence-electron chi connectivity index (χ3n) is 6.29. The van der Waals surface area contributed by atoms with Crippen LogP contribution in [0.15, 0.2) is 46.9 Å². The van der Waals surface area contributed by atoms with Gasteiger partial charge in [0.15, 0.2) is 0 Å². The minimum atomic E-state index is -3.07. The second-order valence-electron chi connectivity index (χ2n) is 9.30. The zero-order valence-electron chi connectivity index (χ0n) is 20.5. The molecule has 1 heterocycles. The van der Waals surface area contributed by atoms with E-state index in [1.54, 1.807) is 4.31 Å². The van der Waals surface area contributed by atoms with Crippen molar-refractivity contribution in [3.05, 3.63) is 53.0 Å². The molecule has 2 aliphatic rings. The number of nitrogens with zero attached hydrogens (tertiary/aromatic N) is 2. The van der Waals surface area contributed by atoms with Crippen molar-refractivity contribution in [2.24, 2.45) is 16.1 Å². The predicted molar refractivity (Wildman–Crippen MR) is 142 cm³/mol. The van der Waals surface area contributed by atoms with Crippen molar-refractivity contribution < 1.29 is 18.6 Å². The van der Waals surface area contributed by atoms with E-state index in [0.717, 1.165) is 43.0 Å². The lowest BCUT2D eigenvalue weighted by Gasteiger charge is -2.42. The second-order valence-corrected chi connectivity index (χ2v) is 11.4. The van der Waals surface area contributed by atoms with Gasteiger partial charge in [-0.15, -0.1) is 10.8 Å². The molecule has 1 amide bonds. The van der Waals surface area contributed by atoms with Crippen LogP contribution in [0.1, 0.15) is 50.7 Å². The highest BCUT2D eigenvalue weighted by Gasteiger charge is 2.38. The molecule has 6 N–H and O–H groups in total. The van der Waals surface area contributed by atoms with Crippen LogP contribution < -0.4 is 11.1 Å². The molecule has 1 saturated carbocycles. The zero-order valence-corrected chi connectivity index (χ0v) is 21.3. The number of amides is 1. The van der Waals surface area contributed by atoms with Gasteiger partial charge in [-0.25, -0.2) is 4.31 Å². The molecule has 1 aliphatic carbocycles. The van der Waals surface area contributed by atoms with E-state index < -0.39 is 16.7 Å². The van der Waals surface area contributed by atoms with Gasteiger partial charge in [-0.3, -0.25) is 18.9 Å². The Hall–Kier alpha value is -2.66. The smallest absolute Gasteiger partial charge is 0.286 e. The Morgan fingerprint density at radius 3 is 2.60 bits per heavy atom. The SMILES string of the molecule is CCN(CCN/C(C=N)=C(\OCC1(C)CC1)C(N)=O)S(O)(O)Cc1ccc(C2=CN=CCC2)cc1. The Morgan fingerprint density at radius 1 is 1.34 bits per heavy atom. The molecule has 1 aliphatic heterocycles. The van der Waals surface area contributed by atoms with Crippen LogP contribution in [0.2, 0.25) is 0 Å². The quantitative estimate of drug-likeness (QED) is 0.147. The van der Waals surface area contributed by atoms with Gasteiger partial charge in [0, 0.05) is 43.7 Å². The van der Waals surface area contributed by atoms with Crippen molar-refractivity contribution in [1.82, 2.24) is 9.62 Å². The number of primary amides is 1. The summed E-state index contributed by atoms with van der Waals surface area (Å²) in [6.45, 7) is 5.29. The number of likely N-dealkylation sites (N-methyl/N-ethyl adjacent to an activating group) is 1. The van der Waals surface area contributed by atoms with Gasteiger partial charge in [-0.05, 0) is 42.4 Å². The van der Waals surface area contributed by atoms with E-state index in [2.05, 4.69) is 17.2 Å². The van der Waals surface area contributed by atoms with Gasteiger partial charge in [-0.1, -0.05) is 38.1 Å². The number of rotatable bonds is 14. The number of hydrogen-bond donors (Lipinski definition) is 5. The van der Waals surface area contributed by atoms with Gasteiger partial charge >= 0.3 is 0 Å². The molecule has 0 saturated heterocycles. The average molecular weight is 504 g/mol. The van der Waals surface area contributed by atoms with E-state index in [4.69, 9.17) is 15.9 Å². The Bertz CT molecular complexity index is 1000. The monoisotopic (exact) mass is 503 g/mol. The number of hydrogen-bond acceptors (Lipinski definition) is 8. The number of aliphatic imine (C=N–C) groups is 1. The highest BCUT2D eigenvalue weighted by molar-refractivity contribution is 8.21. The first kappa shape index (κ1) is 26.9. The summed E-state index contributed by atoms with van der Waals surface area (Å²) in [6, 6.07) is 7.82. The Labute approximate surface area is 209 Å². The van der Waals surface area contributed by atoms with E-state index in [0.29, 0.717) is 19.7 Å². The van der Waals surface area contributed by atoms with Gasteiger partial charge in [-0.2, -0.15) is 0 Å². The van der Waals surface area contributed by atoms with Crippen molar-refractivity contribution in [3.63, 3.8) is 0 Å². The molecule has 3 rings (SSSR count). The Balaban J connectivity index is 1.58. The number of nitrogens with one attached hydrogen (secondary N) is 2. The highest BCUT2D eigenvalue weighted by atomic mass is 32.3. The van der Waals surface area contributed by atoms with Crippen LogP contribution in [0, 0.1) is 10.8 Å². The maximum absolute atomic E-state index is 11.9. The lowest BCUT2D eigenvalue weighted by molar-refractivity contribution is -0.118. The maximum atomic E-state index is 11.9. The number of benzene rings is 1. The third-order valence-corrected chi connectivity index (χ3v) is 8.28. The molecule has 0 spiro atoms. The summed E-state index contributed by atoms with van der Waals surface area (Å²) >= 11 is 0. The fourth-order valence-electron chi connectivity index (χ4n) is 3.76. The Kier molecular flexibility index (Phi) is 9.12. The summed E-state index contributed by atoms with van der Waals surface area (Å²) in [5.41, 5.74) is 8.81. The van der Waals surface area contributed by atoms with Crippen molar-refractivity contribution in [3.8, 4) is 0 Å². The van der Waals surface area contributed by atoms with Crippen LogP contribution >= 0.6 is 10.8 Å². The van der Waals surface area contributed by atoms with Crippen LogP contribution in [-0.4, -0.2) is 58.0 Å². The zero-order chi connectivity index (χ0) is 25.5. The molecule has 1 fully saturated rings. The number of ether oxygens (including phenoxy) is 1. The van der Waals surface area contributed by atoms with Gasteiger partial charge in [0.2, 0.25) is 5.76 Å². The molecule has 1 aromatic carbocycles. The number of carbonyl (C=O) groups is 1. The lowest BCUT2D eigenvalue weighted by Crippen LogP contribution is -2.36. The van der Waals surface area contributed by atoms with E-state index in [1.807, 2.05) is 43.6 Å². The maximum Gasteiger partial charge on any atom is 0.286 e. The van der Waals surface area contributed by atoms with Crippen molar-refractivity contribution in [1.29, 1.82) is 5.41 Å². The highest BCUT2D eigenvalue weighted by Crippen LogP contribution is 2.46. The summed E-state index contributed by atoms with van der Waals surface area (Å²) in [7, 11) is -3.07. The average Bonchev–Trinajstić information content (AvgIpc) is 3.58. The van der Waals surface area contributed by atoms with Crippen LogP contribution in [-0.2, 0) is 15.3 Å². The molecular weight excluding hydrogens is 466 g/mol. The molecule has 10 heteroatoms. The first-order valence-electron chi connectivity index (χ1n) is 11.9. The molecule has 0 atom stereocenters. The van der Waals surface area contributed by atoms with Gasteiger partial charge in [0.05, 0.1) is 12.4 Å². The first-order valence-corrected chi connectivity index (χ1v) is 13.6. The molecular formula is C25H37N5O4S. The van der Waals surface area contributed by atoms with E-state index in [1.165, 1.54) is 5.57 Å². The molecule has 0 radical (unpaired) electrons. The van der Waals surface area contributed by atoms with E-state index in [9.17, 15) is 13.9 Å². The summed E-state index contributed by atoms with van der Waals surface area (Å²) < 4.78 is 29.0. The van der Waals surface area contributed by atoms with E-state index in [-0.39, 0.29) is 29.2 Å². The summed E-state index contributed by atoms with van der Waals surface area (Å²) in [4.78, 5) is 16.1. The van der Waals surface area contributed by atoms with Gasteiger partial charge < -0.3 is 21.2 Å². The number of nitrogens with two attached hydrogens (primary N) is 1. The predicted octanol–water partition coefficient (Wildman–Crippen LogP) is 4.13. The van der Waals surface area contributed by atoms with Crippen LogP contribution in [0.25, 0.3) is 5.57 Å². The number of allylic oxidation sites excluding steroid dienone is 2. The van der Waals surface area contributed by atoms with Crippen molar-refractivity contribution in [2.45, 2.75) is 45.3 Å². The largest absolute Gasteiger partial charge is 0.486 e.